The highest BCUT2D eigenvalue weighted by Crippen LogP contribution is 2.39. The average Bonchev–Trinajstić information content (AvgIpc) is 2.72. The van der Waals surface area contributed by atoms with Gasteiger partial charge in [-0.3, -0.25) is 4.79 Å². The maximum atomic E-state index is 11.9. The lowest BCUT2D eigenvalue weighted by Crippen LogP contribution is -2.60. The predicted octanol–water partition coefficient (Wildman–Crippen LogP) is 1.51. The second kappa shape index (κ2) is 7.50. The number of rotatable bonds is 8. The van der Waals surface area contributed by atoms with Crippen molar-refractivity contribution in [2.24, 2.45) is 11.7 Å². The molecule has 4 nitrogen and oxygen atoms in total. The van der Waals surface area contributed by atoms with Crippen LogP contribution in [-0.2, 0) is 4.79 Å². The first kappa shape index (κ1) is 16.8. The van der Waals surface area contributed by atoms with Crippen LogP contribution in [0.25, 0.3) is 0 Å². The maximum Gasteiger partial charge on any atom is 0.238 e. The number of nitrogens with two attached hydrogens (primary N) is 1. The fourth-order valence-electron chi connectivity index (χ4n) is 3.03. The third kappa shape index (κ3) is 4.36. The third-order valence-corrected chi connectivity index (χ3v) is 5.12. The van der Waals surface area contributed by atoms with Crippen molar-refractivity contribution in [1.29, 1.82) is 0 Å². The molecular weight excluding hydrogens is 260 g/mol. The van der Waals surface area contributed by atoms with Crippen molar-refractivity contribution in [3.05, 3.63) is 0 Å². The van der Waals surface area contributed by atoms with E-state index in [0.29, 0.717) is 5.92 Å². The molecule has 0 bridgehead atoms. The molecule has 3 unspecified atom stereocenters. The second-order valence-corrected chi connectivity index (χ2v) is 7.42. The van der Waals surface area contributed by atoms with E-state index in [1.807, 2.05) is 6.92 Å². The summed E-state index contributed by atoms with van der Waals surface area (Å²) in [4.78, 5) is 11.9. The lowest BCUT2D eigenvalue weighted by atomic mass is 9.83. The van der Waals surface area contributed by atoms with Crippen LogP contribution in [-0.4, -0.2) is 40.2 Å². The summed E-state index contributed by atoms with van der Waals surface area (Å²) in [5.41, 5.74) is 5.16. The molecule has 5 heteroatoms. The molecule has 0 aromatic rings. The van der Waals surface area contributed by atoms with Crippen molar-refractivity contribution in [3.63, 3.8) is 0 Å². The number of primary amides is 1. The zero-order valence-electron chi connectivity index (χ0n) is 12.3. The summed E-state index contributed by atoms with van der Waals surface area (Å²) < 4.78 is 0. The van der Waals surface area contributed by atoms with Crippen molar-refractivity contribution in [2.45, 2.75) is 63.3 Å². The number of aliphatic hydroxyl groups is 1. The summed E-state index contributed by atoms with van der Waals surface area (Å²) in [6.07, 6.45) is 3.97. The lowest BCUT2D eigenvalue weighted by Gasteiger charge is -2.35. The van der Waals surface area contributed by atoms with Gasteiger partial charge in [0.25, 0.3) is 0 Å². The van der Waals surface area contributed by atoms with Gasteiger partial charge in [0, 0.05) is 11.3 Å². The molecule has 1 saturated carbocycles. The number of carbonyl (C=O) groups excluding carboxylic acids is 1. The predicted molar refractivity (Wildman–Crippen MR) is 81.2 cm³/mol. The number of nitrogens with one attached hydrogen (secondary N) is 1. The standard InChI is InChI=1S/C14H28N2O2S/c1-10(2)16-14(13(15)18)7-4-5-12(14)6-8-19-11(3)9-17/h10-12,16-17H,4-9H2,1-3H3,(H2,15,18). The fourth-order valence-corrected chi connectivity index (χ4v) is 3.96. The molecule has 0 aliphatic heterocycles. The molecule has 1 aliphatic rings. The Hall–Kier alpha value is -0.260. The molecule has 0 aromatic heterocycles. The van der Waals surface area contributed by atoms with E-state index < -0.39 is 5.54 Å². The van der Waals surface area contributed by atoms with E-state index in [2.05, 4.69) is 19.2 Å². The highest BCUT2D eigenvalue weighted by molar-refractivity contribution is 7.99. The molecule has 0 heterocycles. The number of hydrogen-bond acceptors (Lipinski definition) is 4. The number of amides is 1. The van der Waals surface area contributed by atoms with Crippen molar-refractivity contribution in [3.8, 4) is 0 Å². The smallest absolute Gasteiger partial charge is 0.238 e. The molecule has 112 valence electrons. The molecule has 1 amide bonds. The third-order valence-electron chi connectivity index (χ3n) is 3.93. The van der Waals surface area contributed by atoms with Gasteiger partial charge in [-0.1, -0.05) is 13.3 Å². The van der Waals surface area contributed by atoms with Gasteiger partial charge in [-0.2, -0.15) is 11.8 Å². The fraction of sp³-hybridized carbons (Fsp3) is 0.929. The van der Waals surface area contributed by atoms with Crippen LogP contribution in [0.2, 0.25) is 0 Å². The van der Waals surface area contributed by atoms with Gasteiger partial charge >= 0.3 is 0 Å². The molecule has 1 rings (SSSR count). The minimum atomic E-state index is -0.517. The van der Waals surface area contributed by atoms with Crippen LogP contribution >= 0.6 is 11.8 Å². The van der Waals surface area contributed by atoms with Crippen molar-refractivity contribution < 1.29 is 9.90 Å². The molecule has 0 radical (unpaired) electrons. The number of hydrogen-bond donors (Lipinski definition) is 3. The normalized spacial score (nSPS) is 28.8. The summed E-state index contributed by atoms with van der Waals surface area (Å²) in [5, 5.41) is 12.7. The summed E-state index contributed by atoms with van der Waals surface area (Å²) in [6.45, 7) is 6.35. The molecule has 19 heavy (non-hydrogen) atoms. The van der Waals surface area contributed by atoms with Crippen LogP contribution in [0.3, 0.4) is 0 Å². The summed E-state index contributed by atoms with van der Waals surface area (Å²) >= 11 is 1.76. The van der Waals surface area contributed by atoms with E-state index in [1.54, 1.807) is 11.8 Å². The highest BCUT2D eigenvalue weighted by atomic mass is 32.2. The first-order chi connectivity index (χ1) is 8.92. The van der Waals surface area contributed by atoms with Crippen LogP contribution in [0.15, 0.2) is 0 Å². The molecule has 1 aliphatic carbocycles. The Morgan fingerprint density at radius 1 is 1.53 bits per heavy atom. The molecule has 0 aromatic carbocycles. The number of carbonyl (C=O) groups is 1. The first-order valence-electron chi connectivity index (χ1n) is 7.22. The molecule has 3 atom stereocenters. The van der Waals surface area contributed by atoms with Crippen LogP contribution in [0.4, 0.5) is 0 Å². The van der Waals surface area contributed by atoms with E-state index in [4.69, 9.17) is 10.8 Å². The topological polar surface area (TPSA) is 75.3 Å². The Kier molecular flexibility index (Phi) is 6.63. The monoisotopic (exact) mass is 288 g/mol. The average molecular weight is 288 g/mol. The van der Waals surface area contributed by atoms with E-state index in [9.17, 15) is 4.79 Å². The van der Waals surface area contributed by atoms with Gasteiger partial charge in [0.1, 0.15) is 5.54 Å². The molecular formula is C14H28N2O2S. The van der Waals surface area contributed by atoms with Crippen LogP contribution in [0.5, 0.6) is 0 Å². The number of thioether (sulfide) groups is 1. The van der Waals surface area contributed by atoms with Crippen LogP contribution < -0.4 is 11.1 Å². The van der Waals surface area contributed by atoms with E-state index in [-0.39, 0.29) is 23.8 Å². The summed E-state index contributed by atoms with van der Waals surface area (Å²) in [7, 11) is 0. The van der Waals surface area contributed by atoms with E-state index >= 15 is 0 Å². The largest absolute Gasteiger partial charge is 0.395 e. The lowest BCUT2D eigenvalue weighted by molar-refractivity contribution is -0.126. The Labute approximate surface area is 120 Å². The summed E-state index contributed by atoms with van der Waals surface area (Å²) in [5.74, 6) is 1.09. The maximum absolute atomic E-state index is 11.9. The molecule has 0 saturated heterocycles. The van der Waals surface area contributed by atoms with Gasteiger partial charge < -0.3 is 16.2 Å². The quantitative estimate of drug-likeness (QED) is 0.633. The van der Waals surface area contributed by atoms with Crippen LogP contribution in [0.1, 0.15) is 46.5 Å². The number of aliphatic hydroxyl groups excluding tert-OH is 1. The Balaban J connectivity index is 2.61. The van der Waals surface area contributed by atoms with Gasteiger partial charge in [-0.25, -0.2) is 0 Å². The molecule has 1 fully saturated rings. The zero-order chi connectivity index (χ0) is 14.5. The Bertz CT molecular complexity index is 299. The van der Waals surface area contributed by atoms with E-state index in [1.165, 1.54) is 0 Å². The van der Waals surface area contributed by atoms with Gasteiger partial charge in [-0.05, 0) is 44.8 Å². The van der Waals surface area contributed by atoms with Crippen molar-refractivity contribution >= 4 is 17.7 Å². The second-order valence-electron chi connectivity index (χ2n) is 5.88. The summed E-state index contributed by atoms with van der Waals surface area (Å²) in [6, 6.07) is 0.261. The Morgan fingerprint density at radius 3 is 2.74 bits per heavy atom. The minimum absolute atomic E-state index is 0.205. The van der Waals surface area contributed by atoms with Crippen molar-refractivity contribution in [1.82, 2.24) is 5.32 Å². The minimum Gasteiger partial charge on any atom is -0.395 e. The van der Waals surface area contributed by atoms with Crippen molar-refractivity contribution in [2.75, 3.05) is 12.4 Å². The zero-order valence-corrected chi connectivity index (χ0v) is 13.1. The van der Waals surface area contributed by atoms with Gasteiger partial charge in [0.05, 0.1) is 6.61 Å². The van der Waals surface area contributed by atoms with Gasteiger partial charge in [0.15, 0.2) is 0 Å². The molecule has 0 spiro atoms. The van der Waals surface area contributed by atoms with Crippen LogP contribution in [0, 0.1) is 5.92 Å². The van der Waals surface area contributed by atoms with E-state index in [0.717, 1.165) is 31.4 Å². The Morgan fingerprint density at radius 2 is 2.21 bits per heavy atom. The van der Waals surface area contributed by atoms with Gasteiger partial charge in [0.2, 0.25) is 5.91 Å². The van der Waals surface area contributed by atoms with Gasteiger partial charge in [-0.15, -0.1) is 0 Å². The first-order valence-corrected chi connectivity index (χ1v) is 8.27. The molecule has 4 N–H and O–H groups in total. The SMILES string of the molecule is CC(C)NC1(C(N)=O)CCCC1CCSC(C)CO. The highest BCUT2D eigenvalue weighted by Gasteiger charge is 2.47.